The molecule has 0 unspecified atom stereocenters. The van der Waals surface area contributed by atoms with Crippen LogP contribution in [-0.4, -0.2) is 36.7 Å². The van der Waals surface area contributed by atoms with E-state index in [1.54, 1.807) is 28.6 Å². The van der Waals surface area contributed by atoms with Gasteiger partial charge in [0.15, 0.2) is 5.58 Å². The van der Waals surface area contributed by atoms with E-state index in [1.807, 2.05) is 36.4 Å². The van der Waals surface area contributed by atoms with Gasteiger partial charge in [-0.25, -0.2) is 13.4 Å². The molecule has 1 N–H and O–H groups in total. The molecule has 0 aliphatic carbocycles. The fourth-order valence-corrected chi connectivity index (χ4v) is 6.30. The third-order valence-electron chi connectivity index (χ3n) is 6.27. The standard InChI is InChI=1S/C27H27N3O4S/c1-18-15-19(2)17-30(16-18)35(32,33)23-13-9-20(10-14-23)26(31)28-22-11-7-21(8-12-22)27-29-24-5-3-4-6-25(24)34-27/h3-14,18-19H,15-17H2,1-2H3,(H,28,31)/t18-,19-/m1/s1. The van der Waals surface area contributed by atoms with E-state index in [9.17, 15) is 13.2 Å². The molecule has 1 aromatic heterocycles. The van der Waals surface area contributed by atoms with Gasteiger partial charge < -0.3 is 9.73 Å². The van der Waals surface area contributed by atoms with Gasteiger partial charge >= 0.3 is 0 Å². The summed E-state index contributed by atoms with van der Waals surface area (Å²) < 4.78 is 33.5. The molecule has 1 amide bonds. The highest BCUT2D eigenvalue weighted by Crippen LogP contribution is 2.28. The van der Waals surface area contributed by atoms with Crippen LogP contribution in [0.15, 0.2) is 82.1 Å². The number of benzene rings is 3. The second-order valence-corrected chi connectivity index (χ2v) is 11.2. The molecule has 0 saturated carbocycles. The number of nitrogens with one attached hydrogen (secondary N) is 1. The Morgan fingerprint density at radius 3 is 2.26 bits per heavy atom. The number of rotatable bonds is 5. The summed E-state index contributed by atoms with van der Waals surface area (Å²) in [6.45, 7) is 5.19. The van der Waals surface area contributed by atoms with Gasteiger partial charge in [0.05, 0.1) is 4.90 Å². The van der Waals surface area contributed by atoms with Crippen LogP contribution in [0.1, 0.15) is 30.6 Å². The molecule has 0 bridgehead atoms. The number of hydrogen-bond donors (Lipinski definition) is 1. The summed E-state index contributed by atoms with van der Waals surface area (Å²) in [6, 6.07) is 20.9. The smallest absolute Gasteiger partial charge is 0.255 e. The minimum atomic E-state index is -3.58. The fourth-order valence-electron chi connectivity index (χ4n) is 4.62. The molecule has 3 aromatic carbocycles. The second-order valence-electron chi connectivity index (χ2n) is 9.31. The van der Waals surface area contributed by atoms with Crippen LogP contribution in [0.4, 0.5) is 5.69 Å². The zero-order valence-electron chi connectivity index (χ0n) is 19.6. The number of carbonyl (C=O) groups excluding carboxylic acids is 1. The number of fused-ring (bicyclic) bond motifs is 1. The summed E-state index contributed by atoms with van der Waals surface area (Å²) in [6.07, 6.45) is 1.03. The maximum Gasteiger partial charge on any atom is 0.255 e. The van der Waals surface area contributed by atoms with Crippen molar-refractivity contribution < 1.29 is 17.6 Å². The molecule has 1 fully saturated rings. The van der Waals surface area contributed by atoms with Crippen molar-refractivity contribution in [2.45, 2.75) is 25.2 Å². The Morgan fingerprint density at radius 2 is 1.60 bits per heavy atom. The first kappa shape index (κ1) is 23.3. The summed E-state index contributed by atoms with van der Waals surface area (Å²) in [5.41, 5.74) is 3.30. The number of hydrogen-bond acceptors (Lipinski definition) is 5. The molecular weight excluding hydrogens is 462 g/mol. The highest BCUT2D eigenvalue weighted by molar-refractivity contribution is 7.89. The molecular formula is C27H27N3O4S. The van der Waals surface area contributed by atoms with Gasteiger partial charge in [0.1, 0.15) is 5.52 Å². The molecule has 0 radical (unpaired) electrons. The first-order chi connectivity index (χ1) is 16.8. The Bertz CT molecular complexity index is 1420. The van der Waals surface area contributed by atoms with Crippen LogP contribution in [0, 0.1) is 11.8 Å². The summed E-state index contributed by atoms with van der Waals surface area (Å²) >= 11 is 0. The molecule has 5 rings (SSSR count). The lowest BCUT2D eigenvalue weighted by atomic mass is 9.94. The van der Waals surface area contributed by atoms with Gasteiger partial charge in [-0.3, -0.25) is 4.79 Å². The molecule has 0 spiro atoms. The molecule has 2 heterocycles. The van der Waals surface area contributed by atoms with Crippen molar-refractivity contribution >= 4 is 32.7 Å². The van der Waals surface area contributed by atoms with E-state index in [-0.39, 0.29) is 10.8 Å². The average Bonchev–Trinajstić information content (AvgIpc) is 3.28. The summed E-state index contributed by atoms with van der Waals surface area (Å²) in [5, 5.41) is 2.85. The monoisotopic (exact) mass is 489 g/mol. The maximum atomic E-state index is 13.1. The third kappa shape index (κ3) is 4.85. The zero-order chi connectivity index (χ0) is 24.6. The van der Waals surface area contributed by atoms with Crippen molar-refractivity contribution in [3.8, 4) is 11.5 Å². The predicted molar refractivity (Wildman–Crippen MR) is 136 cm³/mol. The Labute approximate surface area is 204 Å². The van der Waals surface area contributed by atoms with E-state index in [4.69, 9.17) is 4.42 Å². The fraction of sp³-hybridized carbons (Fsp3) is 0.259. The SMILES string of the molecule is C[C@@H]1C[C@@H](C)CN(S(=O)(=O)c2ccc(C(=O)Nc3ccc(-c4nc5ccccc5o4)cc3)cc2)C1. The van der Waals surface area contributed by atoms with Crippen LogP contribution < -0.4 is 5.32 Å². The molecule has 1 aliphatic heterocycles. The molecule has 2 atom stereocenters. The number of anilines is 1. The highest BCUT2D eigenvalue weighted by atomic mass is 32.2. The lowest BCUT2D eigenvalue weighted by Gasteiger charge is -2.34. The van der Waals surface area contributed by atoms with E-state index < -0.39 is 10.0 Å². The minimum absolute atomic E-state index is 0.207. The topological polar surface area (TPSA) is 92.5 Å². The van der Waals surface area contributed by atoms with Crippen LogP contribution in [0.3, 0.4) is 0 Å². The molecule has 1 aliphatic rings. The second kappa shape index (κ2) is 9.28. The number of nitrogens with zero attached hydrogens (tertiary/aromatic N) is 2. The average molecular weight is 490 g/mol. The maximum absolute atomic E-state index is 13.1. The molecule has 8 heteroatoms. The normalized spacial score (nSPS) is 19.0. The molecule has 35 heavy (non-hydrogen) atoms. The number of carbonyl (C=O) groups is 1. The van der Waals surface area contributed by atoms with Gasteiger partial charge in [-0.1, -0.05) is 26.0 Å². The quantitative estimate of drug-likeness (QED) is 0.404. The van der Waals surface area contributed by atoms with E-state index in [0.717, 1.165) is 23.1 Å². The van der Waals surface area contributed by atoms with Gasteiger partial charge in [0, 0.05) is 29.9 Å². The third-order valence-corrected chi connectivity index (χ3v) is 8.12. The largest absolute Gasteiger partial charge is 0.436 e. The van der Waals surface area contributed by atoms with Gasteiger partial charge in [-0.2, -0.15) is 4.31 Å². The first-order valence-electron chi connectivity index (χ1n) is 11.7. The van der Waals surface area contributed by atoms with Crippen molar-refractivity contribution in [3.63, 3.8) is 0 Å². The van der Waals surface area contributed by atoms with Gasteiger partial charge in [-0.15, -0.1) is 0 Å². The van der Waals surface area contributed by atoms with Crippen LogP contribution in [0.5, 0.6) is 0 Å². The zero-order valence-corrected chi connectivity index (χ0v) is 20.5. The number of amides is 1. The first-order valence-corrected chi connectivity index (χ1v) is 13.1. The summed E-state index contributed by atoms with van der Waals surface area (Å²) in [5.74, 6) is 0.849. The van der Waals surface area contributed by atoms with Crippen molar-refractivity contribution in [1.82, 2.24) is 9.29 Å². The number of oxazole rings is 1. The van der Waals surface area contributed by atoms with Crippen LogP contribution in [-0.2, 0) is 10.0 Å². The summed E-state index contributed by atoms with van der Waals surface area (Å²) in [7, 11) is -3.58. The highest BCUT2D eigenvalue weighted by Gasteiger charge is 2.31. The van der Waals surface area contributed by atoms with Crippen LogP contribution in [0.25, 0.3) is 22.6 Å². The Morgan fingerprint density at radius 1 is 0.943 bits per heavy atom. The van der Waals surface area contributed by atoms with E-state index in [0.29, 0.717) is 42.1 Å². The van der Waals surface area contributed by atoms with Crippen LogP contribution in [0.2, 0.25) is 0 Å². The number of piperidine rings is 1. The van der Waals surface area contributed by atoms with E-state index in [1.165, 1.54) is 12.1 Å². The van der Waals surface area contributed by atoms with Crippen molar-refractivity contribution in [2.24, 2.45) is 11.8 Å². The Balaban J connectivity index is 1.27. The van der Waals surface area contributed by atoms with Gasteiger partial charge in [0.25, 0.3) is 5.91 Å². The van der Waals surface area contributed by atoms with E-state index in [2.05, 4.69) is 24.1 Å². The van der Waals surface area contributed by atoms with Crippen molar-refractivity contribution in [1.29, 1.82) is 0 Å². The lowest BCUT2D eigenvalue weighted by Crippen LogP contribution is -2.42. The molecule has 1 saturated heterocycles. The minimum Gasteiger partial charge on any atom is -0.436 e. The number of sulfonamides is 1. The van der Waals surface area contributed by atoms with Crippen molar-refractivity contribution in [2.75, 3.05) is 18.4 Å². The van der Waals surface area contributed by atoms with Crippen molar-refractivity contribution in [3.05, 3.63) is 78.4 Å². The van der Waals surface area contributed by atoms with Gasteiger partial charge in [-0.05, 0) is 78.9 Å². The van der Waals surface area contributed by atoms with Gasteiger partial charge in [0.2, 0.25) is 15.9 Å². The van der Waals surface area contributed by atoms with E-state index >= 15 is 0 Å². The predicted octanol–water partition coefficient (Wildman–Crippen LogP) is 5.41. The molecule has 180 valence electrons. The number of aromatic nitrogens is 1. The van der Waals surface area contributed by atoms with Crippen LogP contribution >= 0.6 is 0 Å². The Kier molecular flexibility index (Phi) is 6.17. The summed E-state index contributed by atoms with van der Waals surface area (Å²) in [4.78, 5) is 17.4. The molecule has 4 aromatic rings. The molecule has 7 nitrogen and oxygen atoms in total. The Hall–Kier alpha value is -3.49. The lowest BCUT2D eigenvalue weighted by molar-refractivity contribution is 0.102. The number of para-hydroxylation sites is 2.